The lowest BCUT2D eigenvalue weighted by Gasteiger charge is -2.36. The van der Waals surface area contributed by atoms with Crippen LogP contribution in [-0.4, -0.2) is 25.3 Å². The lowest BCUT2D eigenvalue weighted by Crippen LogP contribution is -2.38. The van der Waals surface area contributed by atoms with Gasteiger partial charge in [0.15, 0.2) is 0 Å². The van der Waals surface area contributed by atoms with Crippen molar-refractivity contribution in [1.82, 2.24) is 0 Å². The van der Waals surface area contributed by atoms with Crippen LogP contribution in [0.4, 0.5) is 5.69 Å². The Labute approximate surface area is 111 Å². The van der Waals surface area contributed by atoms with Crippen molar-refractivity contribution in [2.24, 2.45) is 5.41 Å². The predicted octanol–water partition coefficient (Wildman–Crippen LogP) is 3.46. The maximum absolute atomic E-state index is 9.84. The lowest BCUT2D eigenvalue weighted by atomic mass is 9.80. The summed E-state index contributed by atoms with van der Waals surface area (Å²) >= 11 is 0. The second-order valence-electron chi connectivity index (χ2n) is 5.76. The maximum Gasteiger partial charge on any atom is 0.0504 e. The van der Waals surface area contributed by atoms with Gasteiger partial charge in [0.1, 0.15) is 0 Å². The van der Waals surface area contributed by atoms with Crippen molar-refractivity contribution in [2.45, 2.75) is 38.5 Å². The third-order valence-corrected chi connectivity index (χ3v) is 4.27. The predicted molar refractivity (Wildman–Crippen MR) is 76.9 cm³/mol. The smallest absolute Gasteiger partial charge is 0.0504 e. The van der Waals surface area contributed by atoms with Crippen LogP contribution in [0, 0.1) is 5.41 Å². The number of nitrogens with zero attached hydrogens (tertiary/aromatic N) is 1. The molecule has 0 aromatic heterocycles. The summed E-state index contributed by atoms with van der Waals surface area (Å²) in [6, 6.07) is 10.5. The number of anilines is 1. The van der Waals surface area contributed by atoms with Gasteiger partial charge >= 0.3 is 0 Å². The zero-order chi connectivity index (χ0) is 12.8. The summed E-state index contributed by atoms with van der Waals surface area (Å²) in [7, 11) is 2.14. The Hall–Kier alpha value is -1.02. The molecule has 2 heteroatoms. The van der Waals surface area contributed by atoms with Crippen LogP contribution >= 0.6 is 0 Å². The van der Waals surface area contributed by atoms with Gasteiger partial charge in [0.25, 0.3) is 0 Å². The normalized spacial score (nSPS) is 19.2. The molecule has 100 valence electrons. The molecule has 0 spiro atoms. The van der Waals surface area contributed by atoms with Crippen molar-refractivity contribution in [1.29, 1.82) is 0 Å². The Balaban J connectivity index is 2.05. The third-order valence-electron chi connectivity index (χ3n) is 4.27. The van der Waals surface area contributed by atoms with Crippen LogP contribution in [0.1, 0.15) is 38.5 Å². The first-order valence-corrected chi connectivity index (χ1v) is 7.13. The summed E-state index contributed by atoms with van der Waals surface area (Å²) < 4.78 is 0. The van der Waals surface area contributed by atoms with Gasteiger partial charge in [0, 0.05) is 24.7 Å². The van der Waals surface area contributed by atoms with E-state index in [2.05, 4.69) is 36.2 Å². The molecule has 0 amide bonds. The van der Waals surface area contributed by atoms with E-state index in [-0.39, 0.29) is 5.41 Å². The molecule has 1 aliphatic rings. The number of aliphatic hydroxyl groups is 1. The van der Waals surface area contributed by atoms with Gasteiger partial charge in [-0.1, -0.05) is 43.9 Å². The van der Waals surface area contributed by atoms with E-state index in [4.69, 9.17) is 0 Å². The fourth-order valence-corrected chi connectivity index (χ4v) is 3.12. The average molecular weight is 247 g/mol. The highest BCUT2D eigenvalue weighted by molar-refractivity contribution is 5.45. The highest BCUT2D eigenvalue weighted by Gasteiger charge is 2.31. The molecule has 1 fully saturated rings. The van der Waals surface area contributed by atoms with E-state index in [0.29, 0.717) is 6.61 Å². The number of hydrogen-bond donors (Lipinski definition) is 1. The Bertz CT molecular complexity index is 341. The van der Waals surface area contributed by atoms with Crippen LogP contribution in [0.25, 0.3) is 0 Å². The fourth-order valence-electron chi connectivity index (χ4n) is 3.12. The van der Waals surface area contributed by atoms with Crippen LogP contribution in [0.2, 0.25) is 0 Å². The minimum absolute atomic E-state index is 0.112. The first-order chi connectivity index (χ1) is 8.76. The molecule has 2 rings (SSSR count). The molecule has 0 aliphatic heterocycles. The van der Waals surface area contributed by atoms with E-state index < -0.39 is 0 Å². The second kappa shape index (κ2) is 6.24. The van der Waals surface area contributed by atoms with Gasteiger partial charge in [0.2, 0.25) is 0 Å². The molecule has 1 aromatic rings. The number of rotatable bonds is 4. The average Bonchev–Trinajstić information content (AvgIpc) is 2.66. The molecule has 0 bridgehead atoms. The van der Waals surface area contributed by atoms with Gasteiger partial charge in [0.05, 0.1) is 6.61 Å². The molecule has 1 N–H and O–H groups in total. The molecule has 1 saturated carbocycles. The third kappa shape index (κ3) is 3.26. The fraction of sp³-hybridized carbons (Fsp3) is 0.625. The van der Waals surface area contributed by atoms with E-state index in [1.165, 1.54) is 44.2 Å². The van der Waals surface area contributed by atoms with Gasteiger partial charge in [-0.25, -0.2) is 0 Å². The van der Waals surface area contributed by atoms with Gasteiger partial charge in [-0.05, 0) is 25.0 Å². The van der Waals surface area contributed by atoms with Crippen molar-refractivity contribution in [2.75, 3.05) is 25.1 Å². The molecule has 0 unspecified atom stereocenters. The second-order valence-corrected chi connectivity index (χ2v) is 5.76. The molecule has 0 atom stereocenters. The highest BCUT2D eigenvalue weighted by atomic mass is 16.3. The van der Waals surface area contributed by atoms with Crippen LogP contribution in [-0.2, 0) is 0 Å². The molecular formula is C16H25NO. The van der Waals surface area contributed by atoms with Gasteiger partial charge in [-0.15, -0.1) is 0 Å². The van der Waals surface area contributed by atoms with E-state index >= 15 is 0 Å². The SMILES string of the molecule is CN(CC1(CO)CCCCCC1)c1ccccc1. The van der Waals surface area contributed by atoms with Crippen LogP contribution in [0.15, 0.2) is 30.3 Å². The number of para-hydroxylation sites is 1. The summed E-state index contributed by atoms with van der Waals surface area (Å²) in [5.74, 6) is 0. The van der Waals surface area contributed by atoms with Crippen molar-refractivity contribution in [3.63, 3.8) is 0 Å². The summed E-state index contributed by atoms with van der Waals surface area (Å²) in [6.45, 7) is 1.29. The standard InChI is InChI=1S/C16H25NO/c1-17(15-9-5-4-6-10-15)13-16(14-18)11-7-2-3-8-12-16/h4-6,9-10,18H,2-3,7-8,11-14H2,1H3. The molecule has 0 radical (unpaired) electrons. The first kappa shape index (κ1) is 13.4. The van der Waals surface area contributed by atoms with Crippen molar-refractivity contribution in [3.05, 3.63) is 30.3 Å². The summed E-state index contributed by atoms with van der Waals surface area (Å²) in [5.41, 5.74) is 1.36. The Morgan fingerprint density at radius 2 is 1.67 bits per heavy atom. The minimum atomic E-state index is 0.112. The molecule has 18 heavy (non-hydrogen) atoms. The largest absolute Gasteiger partial charge is 0.396 e. The van der Waals surface area contributed by atoms with E-state index in [1.54, 1.807) is 0 Å². The van der Waals surface area contributed by atoms with E-state index in [9.17, 15) is 5.11 Å². The van der Waals surface area contributed by atoms with E-state index in [0.717, 1.165) is 6.54 Å². The van der Waals surface area contributed by atoms with Crippen molar-refractivity contribution >= 4 is 5.69 Å². The van der Waals surface area contributed by atoms with E-state index in [1.807, 2.05) is 6.07 Å². The van der Waals surface area contributed by atoms with Crippen LogP contribution < -0.4 is 4.90 Å². The highest BCUT2D eigenvalue weighted by Crippen LogP contribution is 2.36. The quantitative estimate of drug-likeness (QED) is 0.824. The van der Waals surface area contributed by atoms with Crippen LogP contribution in [0.3, 0.4) is 0 Å². The van der Waals surface area contributed by atoms with Crippen molar-refractivity contribution in [3.8, 4) is 0 Å². The Morgan fingerprint density at radius 3 is 2.22 bits per heavy atom. The molecule has 1 aliphatic carbocycles. The zero-order valence-electron chi connectivity index (χ0n) is 11.4. The van der Waals surface area contributed by atoms with Gasteiger partial charge < -0.3 is 10.0 Å². The summed E-state index contributed by atoms with van der Waals surface area (Å²) in [5, 5.41) is 9.84. The maximum atomic E-state index is 9.84. The molecule has 0 heterocycles. The number of benzene rings is 1. The molecule has 0 saturated heterocycles. The molecule has 1 aromatic carbocycles. The Kier molecular flexibility index (Phi) is 4.65. The lowest BCUT2D eigenvalue weighted by molar-refractivity contribution is 0.113. The topological polar surface area (TPSA) is 23.5 Å². The summed E-state index contributed by atoms with van der Waals surface area (Å²) in [6.07, 6.45) is 7.53. The first-order valence-electron chi connectivity index (χ1n) is 7.13. The summed E-state index contributed by atoms with van der Waals surface area (Å²) in [4.78, 5) is 2.29. The number of aliphatic hydroxyl groups excluding tert-OH is 1. The minimum Gasteiger partial charge on any atom is -0.396 e. The molecular weight excluding hydrogens is 222 g/mol. The van der Waals surface area contributed by atoms with Crippen molar-refractivity contribution < 1.29 is 5.11 Å². The Morgan fingerprint density at radius 1 is 1.06 bits per heavy atom. The molecule has 2 nitrogen and oxygen atoms in total. The number of hydrogen-bond acceptors (Lipinski definition) is 2. The van der Waals surface area contributed by atoms with Gasteiger partial charge in [-0.2, -0.15) is 0 Å². The van der Waals surface area contributed by atoms with Crippen LogP contribution in [0.5, 0.6) is 0 Å². The monoisotopic (exact) mass is 247 g/mol. The van der Waals surface area contributed by atoms with Gasteiger partial charge in [-0.3, -0.25) is 0 Å². The zero-order valence-corrected chi connectivity index (χ0v) is 11.4.